The minimum Gasteiger partial charge on any atom is -0.361 e. The number of hydrogen-bond donors (Lipinski definition) is 1. The van der Waals surface area contributed by atoms with E-state index in [-0.39, 0.29) is 23.8 Å². The molecular weight excluding hydrogens is 412 g/mol. The predicted octanol–water partition coefficient (Wildman–Crippen LogP) is 3.90. The quantitative estimate of drug-likeness (QED) is 0.649. The van der Waals surface area contributed by atoms with Gasteiger partial charge in [0.05, 0.1) is 6.04 Å². The Kier molecular flexibility index (Phi) is 5.71. The van der Waals surface area contributed by atoms with Crippen LogP contribution < -0.4 is 0 Å². The van der Waals surface area contributed by atoms with E-state index in [9.17, 15) is 9.59 Å². The average Bonchev–Trinajstić information content (AvgIpc) is 3.39. The van der Waals surface area contributed by atoms with Crippen molar-refractivity contribution >= 4 is 22.7 Å². The topological polar surface area (TPSA) is 59.7 Å². The van der Waals surface area contributed by atoms with E-state index in [0.29, 0.717) is 18.7 Å². The lowest BCUT2D eigenvalue weighted by molar-refractivity contribution is -0.140. The maximum Gasteiger partial charge on any atom is 0.255 e. The fourth-order valence-electron chi connectivity index (χ4n) is 5.33. The number of piperazine rings is 1. The van der Waals surface area contributed by atoms with Gasteiger partial charge in [0.1, 0.15) is 6.04 Å². The summed E-state index contributed by atoms with van der Waals surface area (Å²) in [4.78, 5) is 37.3. The number of nitrogens with zero attached hydrogens (tertiary/aromatic N) is 3. The summed E-state index contributed by atoms with van der Waals surface area (Å²) in [7, 11) is 2.08. The Balaban J connectivity index is 1.62. The first-order valence-corrected chi connectivity index (χ1v) is 12.0. The van der Waals surface area contributed by atoms with Gasteiger partial charge in [0.2, 0.25) is 5.91 Å². The van der Waals surface area contributed by atoms with Crippen LogP contribution in [0.2, 0.25) is 0 Å². The molecular formula is C27H32N4O2. The van der Waals surface area contributed by atoms with Crippen LogP contribution in [0.5, 0.6) is 0 Å². The molecule has 3 atom stereocenters. The van der Waals surface area contributed by atoms with Crippen molar-refractivity contribution in [3.8, 4) is 0 Å². The number of H-pyrrole nitrogens is 1. The molecule has 33 heavy (non-hydrogen) atoms. The van der Waals surface area contributed by atoms with Crippen molar-refractivity contribution in [3.63, 3.8) is 0 Å². The maximum absolute atomic E-state index is 14.0. The average molecular weight is 445 g/mol. The molecule has 1 N–H and O–H groups in total. The van der Waals surface area contributed by atoms with Crippen LogP contribution in [0.25, 0.3) is 10.9 Å². The number of nitrogens with one attached hydrogen (secondary N) is 1. The molecule has 0 spiro atoms. The molecule has 172 valence electrons. The lowest BCUT2D eigenvalue weighted by Gasteiger charge is -2.41. The molecule has 2 amide bonds. The van der Waals surface area contributed by atoms with E-state index in [2.05, 4.69) is 36.8 Å². The number of benzene rings is 2. The molecule has 3 heterocycles. The van der Waals surface area contributed by atoms with Crippen LogP contribution in [-0.4, -0.2) is 70.8 Å². The second-order valence-corrected chi connectivity index (χ2v) is 9.45. The molecule has 6 nitrogen and oxygen atoms in total. The monoisotopic (exact) mass is 444 g/mol. The van der Waals surface area contributed by atoms with Crippen LogP contribution in [-0.2, 0) is 4.79 Å². The van der Waals surface area contributed by atoms with Gasteiger partial charge < -0.3 is 19.7 Å². The summed E-state index contributed by atoms with van der Waals surface area (Å²) in [5, 5.41) is 1.09. The largest absolute Gasteiger partial charge is 0.361 e. The third kappa shape index (κ3) is 3.62. The Morgan fingerprint density at radius 1 is 1.03 bits per heavy atom. The zero-order valence-corrected chi connectivity index (χ0v) is 19.6. The normalized spacial score (nSPS) is 20.8. The summed E-state index contributed by atoms with van der Waals surface area (Å²) in [5.74, 6) is 0.0697. The summed E-state index contributed by atoms with van der Waals surface area (Å²) in [6.45, 7) is 7.33. The number of carbonyl (C=O) groups is 2. The standard InChI is InChI=1S/C27H32N4O2/c1-4-18(2)24(27(33)30-15-13-29(3)14-16-30)31-25(20-10-5-6-11-21(20)26(31)32)22-17-28-23-12-8-7-9-19(22)23/h5-12,17-18,24-25,28H,4,13-16H2,1-3H3. The van der Waals surface area contributed by atoms with E-state index in [1.54, 1.807) is 0 Å². The zero-order valence-electron chi connectivity index (χ0n) is 19.6. The van der Waals surface area contributed by atoms with Crippen LogP contribution in [0.1, 0.15) is 47.8 Å². The van der Waals surface area contributed by atoms with Gasteiger partial charge in [-0.15, -0.1) is 0 Å². The number of hydrogen-bond acceptors (Lipinski definition) is 3. The number of likely N-dealkylation sites (N-methyl/N-ethyl adjacent to an activating group) is 1. The van der Waals surface area contributed by atoms with E-state index in [4.69, 9.17) is 0 Å². The van der Waals surface area contributed by atoms with E-state index < -0.39 is 6.04 Å². The highest BCUT2D eigenvalue weighted by molar-refractivity contribution is 6.03. The summed E-state index contributed by atoms with van der Waals surface area (Å²) in [6, 6.07) is 15.2. The summed E-state index contributed by atoms with van der Waals surface area (Å²) >= 11 is 0. The molecule has 3 aromatic rings. The fourth-order valence-corrected chi connectivity index (χ4v) is 5.33. The second kappa shape index (κ2) is 8.67. The second-order valence-electron chi connectivity index (χ2n) is 9.45. The van der Waals surface area contributed by atoms with Crippen molar-refractivity contribution in [1.82, 2.24) is 19.7 Å². The fraction of sp³-hybridized carbons (Fsp3) is 0.407. The van der Waals surface area contributed by atoms with E-state index in [1.807, 2.05) is 58.5 Å². The van der Waals surface area contributed by atoms with Gasteiger partial charge in [-0.05, 0) is 30.7 Å². The molecule has 5 rings (SSSR count). The lowest BCUT2D eigenvalue weighted by Crippen LogP contribution is -2.57. The Bertz CT molecular complexity index is 1180. The number of fused-ring (bicyclic) bond motifs is 2. The van der Waals surface area contributed by atoms with Crippen molar-refractivity contribution in [2.75, 3.05) is 33.2 Å². The summed E-state index contributed by atoms with van der Waals surface area (Å²) in [5.41, 5.74) is 3.76. The SMILES string of the molecule is CCC(C)C(C(=O)N1CCN(C)CC1)N1C(=O)c2ccccc2C1c1c[nH]c2ccccc12. The van der Waals surface area contributed by atoms with Crippen molar-refractivity contribution in [3.05, 3.63) is 71.4 Å². The molecule has 2 aliphatic rings. The summed E-state index contributed by atoms with van der Waals surface area (Å²) < 4.78 is 0. The first-order chi connectivity index (χ1) is 16.0. The van der Waals surface area contributed by atoms with Crippen LogP contribution in [0.15, 0.2) is 54.7 Å². The molecule has 0 aliphatic carbocycles. The molecule has 3 unspecified atom stereocenters. The third-order valence-electron chi connectivity index (χ3n) is 7.46. The maximum atomic E-state index is 14.0. The van der Waals surface area contributed by atoms with Gasteiger partial charge in [0, 0.05) is 54.4 Å². The van der Waals surface area contributed by atoms with Gasteiger partial charge in [-0.25, -0.2) is 0 Å². The molecule has 6 heteroatoms. The number of rotatable bonds is 5. The molecule has 0 radical (unpaired) electrons. The smallest absolute Gasteiger partial charge is 0.255 e. The van der Waals surface area contributed by atoms with Crippen molar-refractivity contribution in [2.24, 2.45) is 5.92 Å². The van der Waals surface area contributed by atoms with Gasteiger partial charge in [-0.1, -0.05) is 56.7 Å². The highest BCUT2D eigenvalue weighted by Gasteiger charge is 2.47. The Morgan fingerprint density at radius 3 is 2.48 bits per heavy atom. The summed E-state index contributed by atoms with van der Waals surface area (Å²) in [6.07, 6.45) is 2.83. The van der Waals surface area contributed by atoms with Gasteiger partial charge in [-0.3, -0.25) is 9.59 Å². The molecule has 1 saturated heterocycles. The zero-order chi connectivity index (χ0) is 23.1. The minimum atomic E-state index is -0.503. The number of aromatic nitrogens is 1. The van der Waals surface area contributed by atoms with Gasteiger partial charge in [-0.2, -0.15) is 0 Å². The van der Waals surface area contributed by atoms with Gasteiger partial charge in [0.15, 0.2) is 0 Å². The van der Waals surface area contributed by atoms with E-state index in [0.717, 1.165) is 41.5 Å². The Morgan fingerprint density at radius 2 is 1.73 bits per heavy atom. The number of para-hydroxylation sites is 1. The molecule has 0 saturated carbocycles. The van der Waals surface area contributed by atoms with Crippen LogP contribution in [0, 0.1) is 5.92 Å². The molecule has 1 fully saturated rings. The Labute approximate surface area is 195 Å². The van der Waals surface area contributed by atoms with Crippen molar-refractivity contribution < 1.29 is 9.59 Å². The van der Waals surface area contributed by atoms with Crippen LogP contribution in [0.4, 0.5) is 0 Å². The lowest BCUT2D eigenvalue weighted by atomic mass is 9.92. The molecule has 2 aliphatic heterocycles. The molecule has 1 aromatic heterocycles. The number of carbonyl (C=O) groups excluding carboxylic acids is 2. The van der Waals surface area contributed by atoms with E-state index >= 15 is 0 Å². The number of aromatic amines is 1. The first kappa shape index (κ1) is 21.7. The predicted molar refractivity (Wildman–Crippen MR) is 130 cm³/mol. The molecule has 2 aromatic carbocycles. The van der Waals surface area contributed by atoms with Crippen molar-refractivity contribution in [1.29, 1.82) is 0 Å². The van der Waals surface area contributed by atoms with Gasteiger partial charge >= 0.3 is 0 Å². The van der Waals surface area contributed by atoms with Crippen molar-refractivity contribution in [2.45, 2.75) is 32.4 Å². The third-order valence-corrected chi connectivity index (χ3v) is 7.46. The Hall–Kier alpha value is -3.12. The van der Waals surface area contributed by atoms with Gasteiger partial charge in [0.25, 0.3) is 5.91 Å². The molecule has 0 bridgehead atoms. The van der Waals surface area contributed by atoms with Crippen LogP contribution in [0.3, 0.4) is 0 Å². The number of amides is 2. The first-order valence-electron chi connectivity index (χ1n) is 12.0. The minimum absolute atomic E-state index is 0.0446. The highest BCUT2D eigenvalue weighted by Crippen LogP contribution is 2.43. The van der Waals surface area contributed by atoms with Crippen LogP contribution >= 0.6 is 0 Å². The highest BCUT2D eigenvalue weighted by atomic mass is 16.2. The van der Waals surface area contributed by atoms with E-state index in [1.165, 1.54) is 0 Å².